The second kappa shape index (κ2) is 7.42. The molecule has 1 fully saturated rings. The second-order valence-corrected chi connectivity index (χ2v) is 5.95. The molecule has 0 radical (unpaired) electrons. The third-order valence-corrected chi connectivity index (χ3v) is 4.13. The van der Waals surface area contributed by atoms with E-state index in [0.29, 0.717) is 5.69 Å². The average molecular weight is 326 g/mol. The molecule has 1 aromatic heterocycles. The number of anilines is 1. The highest BCUT2D eigenvalue weighted by Crippen LogP contribution is 2.26. The number of hydrogen-bond acceptors (Lipinski definition) is 4. The van der Waals surface area contributed by atoms with Gasteiger partial charge in [-0.05, 0) is 36.2 Å². The van der Waals surface area contributed by atoms with Gasteiger partial charge in [-0.1, -0.05) is 12.1 Å². The van der Waals surface area contributed by atoms with Crippen molar-refractivity contribution in [1.82, 2.24) is 9.88 Å². The lowest BCUT2D eigenvalue weighted by molar-refractivity contribution is 0.0336. The fourth-order valence-corrected chi connectivity index (χ4v) is 2.82. The number of aryl methyl sites for hydroxylation is 1. The molecule has 3 rings (SSSR count). The molecule has 126 valence electrons. The first kappa shape index (κ1) is 16.4. The first-order valence-corrected chi connectivity index (χ1v) is 8.04. The molecule has 0 unspecified atom stereocenters. The Hall–Kier alpha value is -2.44. The third kappa shape index (κ3) is 4.10. The van der Waals surface area contributed by atoms with Gasteiger partial charge in [0.15, 0.2) is 0 Å². The number of urea groups is 1. The normalized spacial score (nSPS) is 15.2. The van der Waals surface area contributed by atoms with Crippen LogP contribution in [0.15, 0.2) is 36.5 Å². The Kier molecular flexibility index (Phi) is 5.08. The number of nitrogens with zero attached hydrogens (tertiary/aromatic N) is 2. The summed E-state index contributed by atoms with van der Waals surface area (Å²) in [4.78, 5) is 17.9. The topological polar surface area (TPSA) is 80.5 Å². The second-order valence-electron chi connectivity index (χ2n) is 5.95. The number of ether oxygens (including phenoxy) is 1. The zero-order valence-electron chi connectivity index (χ0n) is 13.8. The van der Waals surface area contributed by atoms with Gasteiger partial charge >= 0.3 is 6.03 Å². The summed E-state index contributed by atoms with van der Waals surface area (Å²) in [6, 6.07) is 9.27. The Morgan fingerprint density at radius 1 is 1.29 bits per heavy atom. The van der Waals surface area contributed by atoms with Crippen LogP contribution in [-0.2, 0) is 11.3 Å². The summed E-state index contributed by atoms with van der Waals surface area (Å²) >= 11 is 0. The number of morpholine rings is 1. The molecule has 1 saturated heterocycles. The fraction of sp³-hybridized carbons (Fsp3) is 0.333. The lowest BCUT2D eigenvalue weighted by atomic mass is 10.0. The summed E-state index contributed by atoms with van der Waals surface area (Å²) in [5.41, 5.74) is 10.1. The van der Waals surface area contributed by atoms with Crippen LogP contribution in [0.4, 0.5) is 10.5 Å². The van der Waals surface area contributed by atoms with Crippen molar-refractivity contribution in [3.63, 3.8) is 0 Å². The number of aromatic nitrogens is 1. The van der Waals surface area contributed by atoms with Crippen LogP contribution < -0.4 is 11.1 Å². The van der Waals surface area contributed by atoms with E-state index >= 15 is 0 Å². The van der Waals surface area contributed by atoms with Gasteiger partial charge in [0.2, 0.25) is 0 Å². The molecule has 1 aliphatic heterocycles. The van der Waals surface area contributed by atoms with E-state index in [4.69, 9.17) is 10.5 Å². The number of carbonyl (C=O) groups is 1. The number of primary amides is 1. The van der Waals surface area contributed by atoms with Gasteiger partial charge in [0, 0.05) is 37.1 Å². The quantitative estimate of drug-likeness (QED) is 0.904. The molecule has 3 N–H and O–H groups in total. The number of pyridine rings is 1. The van der Waals surface area contributed by atoms with Gasteiger partial charge in [0.1, 0.15) is 0 Å². The van der Waals surface area contributed by atoms with Crippen LogP contribution in [0.3, 0.4) is 0 Å². The van der Waals surface area contributed by atoms with E-state index in [1.807, 2.05) is 31.3 Å². The van der Waals surface area contributed by atoms with Crippen molar-refractivity contribution in [2.75, 3.05) is 31.6 Å². The SMILES string of the molecule is Cc1ccc(NC(N)=O)cc1-c1ccc(CN2CCOCC2)nc1. The molecule has 2 aromatic rings. The average Bonchev–Trinajstić information content (AvgIpc) is 2.58. The molecule has 0 saturated carbocycles. The number of rotatable bonds is 4. The van der Waals surface area contributed by atoms with Crippen LogP contribution in [0.25, 0.3) is 11.1 Å². The predicted octanol–water partition coefficient (Wildman–Crippen LogP) is 2.38. The van der Waals surface area contributed by atoms with Gasteiger partial charge in [-0.2, -0.15) is 0 Å². The summed E-state index contributed by atoms with van der Waals surface area (Å²) in [6.45, 7) is 6.34. The van der Waals surface area contributed by atoms with Crippen molar-refractivity contribution in [2.24, 2.45) is 5.73 Å². The third-order valence-electron chi connectivity index (χ3n) is 4.13. The van der Waals surface area contributed by atoms with E-state index in [1.54, 1.807) is 0 Å². The minimum atomic E-state index is -0.566. The van der Waals surface area contributed by atoms with E-state index in [2.05, 4.69) is 27.3 Å². The molecular formula is C18H22N4O2. The van der Waals surface area contributed by atoms with E-state index in [0.717, 1.165) is 55.2 Å². The number of benzene rings is 1. The summed E-state index contributed by atoms with van der Waals surface area (Å²) in [7, 11) is 0. The fourth-order valence-electron chi connectivity index (χ4n) is 2.82. The highest BCUT2D eigenvalue weighted by atomic mass is 16.5. The van der Waals surface area contributed by atoms with Crippen molar-refractivity contribution < 1.29 is 9.53 Å². The Morgan fingerprint density at radius 3 is 2.75 bits per heavy atom. The molecule has 0 aliphatic carbocycles. The summed E-state index contributed by atoms with van der Waals surface area (Å²) in [5.74, 6) is 0. The molecule has 24 heavy (non-hydrogen) atoms. The molecule has 0 bridgehead atoms. The van der Waals surface area contributed by atoms with Crippen LogP contribution >= 0.6 is 0 Å². The van der Waals surface area contributed by atoms with Crippen molar-refractivity contribution in [2.45, 2.75) is 13.5 Å². The van der Waals surface area contributed by atoms with Gasteiger partial charge in [-0.3, -0.25) is 9.88 Å². The first-order chi connectivity index (χ1) is 11.6. The van der Waals surface area contributed by atoms with Crippen LogP contribution in [0.1, 0.15) is 11.3 Å². The van der Waals surface area contributed by atoms with Crippen LogP contribution in [0.2, 0.25) is 0 Å². The van der Waals surface area contributed by atoms with Crippen molar-refractivity contribution in [1.29, 1.82) is 0 Å². The molecular weight excluding hydrogens is 304 g/mol. The minimum Gasteiger partial charge on any atom is -0.379 e. The Morgan fingerprint density at radius 2 is 2.08 bits per heavy atom. The van der Waals surface area contributed by atoms with Gasteiger partial charge in [-0.15, -0.1) is 0 Å². The number of nitrogens with two attached hydrogens (primary N) is 1. The van der Waals surface area contributed by atoms with E-state index in [1.165, 1.54) is 0 Å². The number of carbonyl (C=O) groups excluding carboxylic acids is 1. The Balaban J connectivity index is 1.76. The smallest absolute Gasteiger partial charge is 0.316 e. The number of amides is 2. The standard InChI is InChI=1S/C18H22N4O2/c1-13-2-4-15(21-18(19)23)10-17(13)14-3-5-16(20-11-14)12-22-6-8-24-9-7-22/h2-5,10-11H,6-9,12H2,1H3,(H3,19,21,23). The molecule has 2 amide bonds. The van der Waals surface area contributed by atoms with E-state index in [9.17, 15) is 4.79 Å². The first-order valence-electron chi connectivity index (χ1n) is 8.04. The Bertz CT molecular complexity index is 709. The molecule has 1 aliphatic rings. The van der Waals surface area contributed by atoms with Gasteiger partial charge < -0.3 is 15.8 Å². The summed E-state index contributed by atoms with van der Waals surface area (Å²) in [5, 5.41) is 2.61. The van der Waals surface area contributed by atoms with Gasteiger partial charge in [0.25, 0.3) is 0 Å². The lowest BCUT2D eigenvalue weighted by Crippen LogP contribution is -2.35. The zero-order valence-corrected chi connectivity index (χ0v) is 13.8. The highest BCUT2D eigenvalue weighted by molar-refractivity contribution is 5.89. The number of hydrogen-bond donors (Lipinski definition) is 2. The maximum absolute atomic E-state index is 11.0. The highest BCUT2D eigenvalue weighted by Gasteiger charge is 2.12. The van der Waals surface area contributed by atoms with Crippen molar-refractivity contribution in [3.05, 3.63) is 47.8 Å². The molecule has 0 atom stereocenters. The largest absolute Gasteiger partial charge is 0.379 e. The predicted molar refractivity (Wildman–Crippen MR) is 93.7 cm³/mol. The van der Waals surface area contributed by atoms with Crippen molar-refractivity contribution >= 4 is 11.7 Å². The number of nitrogens with one attached hydrogen (secondary N) is 1. The molecule has 6 nitrogen and oxygen atoms in total. The maximum atomic E-state index is 11.0. The monoisotopic (exact) mass is 326 g/mol. The van der Waals surface area contributed by atoms with Crippen LogP contribution in [0, 0.1) is 6.92 Å². The molecule has 6 heteroatoms. The molecule has 2 heterocycles. The molecule has 1 aromatic carbocycles. The summed E-state index contributed by atoms with van der Waals surface area (Å²) < 4.78 is 5.37. The lowest BCUT2D eigenvalue weighted by Gasteiger charge is -2.26. The minimum absolute atomic E-state index is 0.566. The van der Waals surface area contributed by atoms with E-state index < -0.39 is 6.03 Å². The van der Waals surface area contributed by atoms with Crippen LogP contribution in [-0.4, -0.2) is 42.2 Å². The van der Waals surface area contributed by atoms with E-state index in [-0.39, 0.29) is 0 Å². The van der Waals surface area contributed by atoms with Gasteiger partial charge in [-0.25, -0.2) is 4.79 Å². The van der Waals surface area contributed by atoms with Crippen molar-refractivity contribution in [3.8, 4) is 11.1 Å². The molecule has 0 spiro atoms. The zero-order chi connectivity index (χ0) is 16.9. The van der Waals surface area contributed by atoms with Gasteiger partial charge in [0.05, 0.1) is 18.9 Å². The van der Waals surface area contributed by atoms with Crippen LogP contribution in [0.5, 0.6) is 0 Å². The maximum Gasteiger partial charge on any atom is 0.316 e. The summed E-state index contributed by atoms with van der Waals surface area (Å²) in [6.07, 6.45) is 1.88. The Labute approximate surface area is 141 Å².